The van der Waals surface area contributed by atoms with Crippen LogP contribution in [0.3, 0.4) is 0 Å². The summed E-state index contributed by atoms with van der Waals surface area (Å²) >= 11 is 3.42. The minimum absolute atomic E-state index is 0.0171. The highest BCUT2D eigenvalue weighted by molar-refractivity contribution is 9.10. The molecule has 6 nitrogen and oxygen atoms in total. The van der Waals surface area contributed by atoms with Gasteiger partial charge in [0.1, 0.15) is 5.82 Å². The number of rotatable bonds is 6. The van der Waals surface area contributed by atoms with Crippen LogP contribution in [0.25, 0.3) is 6.08 Å². The normalized spacial score (nSPS) is 14.1. The van der Waals surface area contributed by atoms with Crippen LogP contribution < -0.4 is 9.47 Å². The Kier molecular flexibility index (Phi) is 6.88. The van der Waals surface area contributed by atoms with E-state index in [1.807, 2.05) is 19.1 Å². The molecule has 0 bridgehead atoms. The molecule has 0 aromatic heterocycles. The van der Waals surface area contributed by atoms with Gasteiger partial charge in [-0.3, -0.25) is 0 Å². The molecule has 0 unspecified atom stereocenters. The summed E-state index contributed by atoms with van der Waals surface area (Å²) < 4.78 is 30.4. The number of benzene rings is 3. The topological polar surface area (TPSA) is 74.2 Å². The van der Waals surface area contributed by atoms with E-state index in [2.05, 4.69) is 20.9 Å². The lowest BCUT2D eigenvalue weighted by Crippen LogP contribution is -2.10. The molecule has 3 aromatic rings. The maximum absolute atomic E-state index is 13.5. The van der Waals surface area contributed by atoms with Crippen molar-refractivity contribution in [3.05, 3.63) is 98.9 Å². The molecule has 1 aliphatic heterocycles. The first-order valence-electron chi connectivity index (χ1n) is 10.4. The number of hydrogen-bond acceptors (Lipinski definition) is 6. The highest BCUT2D eigenvalue weighted by Gasteiger charge is 2.25. The second kappa shape index (κ2) is 10.0. The fourth-order valence-corrected chi connectivity index (χ4v) is 3.73. The van der Waals surface area contributed by atoms with E-state index in [4.69, 9.17) is 14.2 Å². The Bertz CT molecular complexity index is 1330. The van der Waals surface area contributed by atoms with Crippen molar-refractivity contribution < 1.29 is 28.2 Å². The van der Waals surface area contributed by atoms with Gasteiger partial charge in [-0.15, -0.1) is 0 Å². The van der Waals surface area contributed by atoms with Crippen molar-refractivity contribution in [2.45, 2.75) is 13.8 Å². The Balaban J connectivity index is 1.64. The zero-order chi connectivity index (χ0) is 24.2. The molecule has 0 fully saturated rings. The number of carbonyl (C=O) groups excluding carboxylic acids is 2. The number of ether oxygens (including phenoxy) is 3. The molecule has 34 heavy (non-hydrogen) atoms. The number of halogens is 2. The minimum Gasteiger partial charge on any atom is -0.490 e. The quantitative estimate of drug-likeness (QED) is 0.230. The molecule has 0 radical (unpaired) electrons. The van der Waals surface area contributed by atoms with Gasteiger partial charge in [0.05, 0.1) is 16.6 Å². The molecular weight excluding hydrogens is 505 g/mol. The first-order valence-corrected chi connectivity index (χ1v) is 11.2. The summed E-state index contributed by atoms with van der Waals surface area (Å²) in [6.07, 6.45) is 1.51. The summed E-state index contributed by atoms with van der Waals surface area (Å²) in [5.41, 5.74) is 2.38. The third-order valence-electron chi connectivity index (χ3n) is 4.81. The monoisotopic (exact) mass is 523 g/mol. The predicted octanol–water partition coefficient (Wildman–Crippen LogP) is 5.86. The van der Waals surface area contributed by atoms with Gasteiger partial charge in [-0.25, -0.2) is 19.0 Å². The molecule has 0 aliphatic carbocycles. The van der Waals surface area contributed by atoms with E-state index in [-0.39, 0.29) is 17.3 Å². The highest BCUT2D eigenvalue weighted by Crippen LogP contribution is 2.38. The lowest BCUT2D eigenvalue weighted by molar-refractivity contribution is -0.129. The highest BCUT2D eigenvalue weighted by atomic mass is 79.9. The molecule has 0 amide bonds. The second-order valence-electron chi connectivity index (χ2n) is 7.36. The van der Waals surface area contributed by atoms with Gasteiger partial charge in [0.15, 0.2) is 17.2 Å². The van der Waals surface area contributed by atoms with Gasteiger partial charge in [-0.1, -0.05) is 23.8 Å². The lowest BCUT2D eigenvalue weighted by atomic mass is 10.1. The standard InChI is InChI=1S/C26H19BrFNO5/c1-3-32-22-13-16(11-20(27)23(22)33-25(30)17-9-7-15(2)8-10-17)12-21-26(31)34-24(29-21)18-5-4-6-19(28)14-18/h4-14H,3H2,1-2H3/b21-12-. The molecule has 3 aromatic carbocycles. The lowest BCUT2D eigenvalue weighted by Gasteiger charge is -2.13. The smallest absolute Gasteiger partial charge is 0.363 e. The zero-order valence-corrected chi connectivity index (χ0v) is 19.9. The first-order chi connectivity index (χ1) is 16.3. The molecule has 0 saturated heterocycles. The van der Waals surface area contributed by atoms with E-state index < -0.39 is 17.8 Å². The van der Waals surface area contributed by atoms with E-state index >= 15 is 0 Å². The third-order valence-corrected chi connectivity index (χ3v) is 5.40. The number of esters is 2. The molecule has 0 saturated carbocycles. The van der Waals surface area contributed by atoms with E-state index in [1.54, 1.807) is 37.3 Å². The average Bonchev–Trinajstić information content (AvgIpc) is 3.17. The van der Waals surface area contributed by atoms with Gasteiger partial charge in [-0.2, -0.15) is 0 Å². The number of cyclic esters (lactones) is 1. The Morgan fingerprint density at radius 1 is 1.15 bits per heavy atom. The molecule has 0 atom stereocenters. The van der Waals surface area contributed by atoms with Crippen LogP contribution in [0.4, 0.5) is 4.39 Å². The molecule has 8 heteroatoms. The van der Waals surface area contributed by atoms with Crippen LogP contribution in [0, 0.1) is 12.7 Å². The largest absolute Gasteiger partial charge is 0.490 e. The van der Waals surface area contributed by atoms with Gasteiger partial charge in [0.25, 0.3) is 0 Å². The molecule has 4 rings (SSSR count). The number of aryl methyl sites for hydroxylation is 1. The zero-order valence-electron chi connectivity index (χ0n) is 18.3. The van der Waals surface area contributed by atoms with Gasteiger partial charge in [0, 0.05) is 5.56 Å². The van der Waals surface area contributed by atoms with Crippen molar-refractivity contribution in [2.75, 3.05) is 6.61 Å². The van der Waals surface area contributed by atoms with Crippen LogP contribution in [-0.2, 0) is 9.53 Å². The molecule has 1 aliphatic rings. The van der Waals surface area contributed by atoms with Crippen LogP contribution in [0.2, 0.25) is 0 Å². The molecular formula is C26H19BrFNO5. The van der Waals surface area contributed by atoms with E-state index in [0.29, 0.717) is 33.5 Å². The summed E-state index contributed by atoms with van der Waals surface area (Å²) in [6, 6.07) is 15.9. The van der Waals surface area contributed by atoms with Crippen molar-refractivity contribution in [2.24, 2.45) is 4.99 Å². The number of aliphatic imine (C=N–C) groups is 1. The van der Waals surface area contributed by atoms with Crippen LogP contribution in [0.15, 0.2) is 75.8 Å². The van der Waals surface area contributed by atoms with Crippen molar-refractivity contribution >= 4 is 39.8 Å². The number of hydrogen-bond donors (Lipinski definition) is 0. The summed E-state index contributed by atoms with van der Waals surface area (Å²) in [5.74, 6) is -1.12. The molecule has 0 N–H and O–H groups in total. The van der Waals surface area contributed by atoms with Crippen LogP contribution in [0.1, 0.15) is 34.0 Å². The van der Waals surface area contributed by atoms with Gasteiger partial charge in [0.2, 0.25) is 5.90 Å². The van der Waals surface area contributed by atoms with Gasteiger partial charge < -0.3 is 14.2 Å². The van der Waals surface area contributed by atoms with Crippen LogP contribution in [-0.4, -0.2) is 24.4 Å². The maximum atomic E-state index is 13.5. The average molecular weight is 524 g/mol. The second-order valence-corrected chi connectivity index (χ2v) is 8.22. The summed E-state index contributed by atoms with van der Waals surface area (Å²) in [6.45, 7) is 4.05. The Hall–Kier alpha value is -3.78. The summed E-state index contributed by atoms with van der Waals surface area (Å²) in [4.78, 5) is 29.1. The third kappa shape index (κ3) is 5.23. The van der Waals surface area contributed by atoms with Gasteiger partial charge >= 0.3 is 11.9 Å². The van der Waals surface area contributed by atoms with Crippen molar-refractivity contribution in [1.29, 1.82) is 0 Å². The predicted molar refractivity (Wildman–Crippen MR) is 128 cm³/mol. The van der Waals surface area contributed by atoms with Gasteiger partial charge in [-0.05, 0) is 83.9 Å². The molecule has 0 spiro atoms. The first kappa shape index (κ1) is 23.4. The minimum atomic E-state index is -0.664. The Labute approximate surface area is 203 Å². The SMILES string of the molecule is CCOc1cc(/C=C2\N=C(c3cccc(F)c3)OC2=O)cc(Br)c1OC(=O)c1ccc(C)cc1. The molecule has 1 heterocycles. The van der Waals surface area contributed by atoms with Crippen LogP contribution >= 0.6 is 15.9 Å². The fraction of sp³-hybridized carbons (Fsp3) is 0.115. The van der Waals surface area contributed by atoms with E-state index in [0.717, 1.165) is 5.56 Å². The van der Waals surface area contributed by atoms with Crippen LogP contribution in [0.5, 0.6) is 11.5 Å². The van der Waals surface area contributed by atoms with Crippen molar-refractivity contribution in [3.63, 3.8) is 0 Å². The Morgan fingerprint density at radius 3 is 2.62 bits per heavy atom. The van der Waals surface area contributed by atoms with Crippen molar-refractivity contribution in [1.82, 2.24) is 0 Å². The molecule has 172 valence electrons. The fourth-order valence-electron chi connectivity index (χ4n) is 3.19. The summed E-state index contributed by atoms with van der Waals surface area (Å²) in [5, 5.41) is 0. The van der Waals surface area contributed by atoms with E-state index in [9.17, 15) is 14.0 Å². The Morgan fingerprint density at radius 2 is 1.91 bits per heavy atom. The number of nitrogens with zero attached hydrogens (tertiary/aromatic N) is 1. The van der Waals surface area contributed by atoms with Crippen molar-refractivity contribution in [3.8, 4) is 11.5 Å². The maximum Gasteiger partial charge on any atom is 0.363 e. The van der Waals surface area contributed by atoms with E-state index in [1.165, 1.54) is 24.3 Å². The number of carbonyl (C=O) groups is 2. The summed E-state index contributed by atoms with van der Waals surface area (Å²) in [7, 11) is 0.